The van der Waals surface area contributed by atoms with E-state index in [2.05, 4.69) is 5.10 Å². The van der Waals surface area contributed by atoms with Crippen LogP contribution in [0.4, 0.5) is 22.0 Å². The Bertz CT molecular complexity index is 440. The molecule has 0 N–H and O–H groups in total. The van der Waals surface area contributed by atoms with Crippen LogP contribution in [-0.4, -0.2) is 15.7 Å². The highest BCUT2D eigenvalue weighted by Crippen LogP contribution is 2.40. The molecule has 0 spiro atoms. The van der Waals surface area contributed by atoms with E-state index in [0.717, 1.165) is 10.9 Å². The minimum absolute atomic E-state index is 0.0331. The SMILES string of the molecule is FC1(F)CCC(Cn2cc(Cl)c(C(F)(F)F)n2)C1. The summed E-state index contributed by atoms with van der Waals surface area (Å²) in [5, 5.41) is 2.80. The molecule has 2 rings (SSSR count). The maximum atomic E-state index is 12.9. The third-order valence-electron chi connectivity index (χ3n) is 2.94. The molecule has 0 amide bonds. The van der Waals surface area contributed by atoms with Gasteiger partial charge in [0, 0.05) is 25.6 Å². The van der Waals surface area contributed by atoms with Crippen LogP contribution in [0.15, 0.2) is 6.20 Å². The van der Waals surface area contributed by atoms with E-state index in [1.165, 1.54) is 0 Å². The molecule has 1 unspecified atom stereocenters. The van der Waals surface area contributed by atoms with Crippen molar-refractivity contribution in [1.29, 1.82) is 0 Å². The zero-order valence-electron chi connectivity index (χ0n) is 9.15. The molecule has 102 valence electrons. The van der Waals surface area contributed by atoms with Crippen molar-refractivity contribution in [1.82, 2.24) is 9.78 Å². The van der Waals surface area contributed by atoms with Gasteiger partial charge in [0.25, 0.3) is 0 Å². The van der Waals surface area contributed by atoms with Gasteiger partial charge in [-0.15, -0.1) is 0 Å². The van der Waals surface area contributed by atoms with Crippen molar-refractivity contribution in [3.63, 3.8) is 0 Å². The summed E-state index contributed by atoms with van der Waals surface area (Å²) >= 11 is 5.42. The molecule has 0 radical (unpaired) electrons. The van der Waals surface area contributed by atoms with E-state index in [1.54, 1.807) is 0 Å². The van der Waals surface area contributed by atoms with Crippen LogP contribution in [0, 0.1) is 5.92 Å². The van der Waals surface area contributed by atoms with Crippen LogP contribution in [0.3, 0.4) is 0 Å². The van der Waals surface area contributed by atoms with Gasteiger partial charge in [0.1, 0.15) is 0 Å². The summed E-state index contributed by atoms with van der Waals surface area (Å²) in [7, 11) is 0. The zero-order chi connectivity index (χ0) is 13.6. The molecule has 1 aromatic heterocycles. The van der Waals surface area contributed by atoms with Crippen molar-refractivity contribution < 1.29 is 22.0 Å². The summed E-state index contributed by atoms with van der Waals surface area (Å²) in [6, 6.07) is 0. The van der Waals surface area contributed by atoms with Gasteiger partial charge in [0.2, 0.25) is 5.92 Å². The molecule has 8 heteroatoms. The lowest BCUT2D eigenvalue weighted by molar-refractivity contribution is -0.141. The van der Waals surface area contributed by atoms with E-state index in [-0.39, 0.29) is 31.7 Å². The number of hydrogen-bond donors (Lipinski definition) is 0. The fourth-order valence-corrected chi connectivity index (χ4v) is 2.40. The van der Waals surface area contributed by atoms with E-state index in [9.17, 15) is 22.0 Å². The molecule has 0 bridgehead atoms. The molecular formula is C10H10ClF5N2. The Labute approximate surface area is 105 Å². The largest absolute Gasteiger partial charge is 0.436 e. The van der Waals surface area contributed by atoms with Crippen LogP contribution in [0.1, 0.15) is 25.0 Å². The molecule has 0 aliphatic heterocycles. The summed E-state index contributed by atoms with van der Waals surface area (Å²) in [5.41, 5.74) is -1.17. The standard InChI is InChI=1S/C10H10ClF5N2/c11-7-5-18(17-8(7)10(14,15)16)4-6-1-2-9(12,13)3-6/h5-6H,1-4H2. The minimum atomic E-state index is -4.62. The Kier molecular flexibility index (Phi) is 3.29. The van der Waals surface area contributed by atoms with Gasteiger partial charge >= 0.3 is 6.18 Å². The Balaban J connectivity index is 2.08. The number of halogens is 6. The maximum Gasteiger partial charge on any atom is 0.436 e. The van der Waals surface area contributed by atoms with E-state index < -0.39 is 22.8 Å². The van der Waals surface area contributed by atoms with Crippen LogP contribution in [0.2, 0.25) is 5.02 Å². The lowest BCUT2D eigenvalue weighted by Gasteiger charge is -2.10. The summed E-state index contributed by atoms with van der Waals surface area (Å²) in [6.07, 6.45) is -3.85. The molecule has 0 saturated heterocycles. The van der Waals surface area contributed by atoms with Crippen LogP contribution in [0.25, 0.3) is 0 Å². The second-order valence-corrected chi connectivity index (χ2v) is 4.92. The van der Waals surface area contributed by atoms with Gasteiger partial charge < -0.3 is 0 Å². The molecule has 1 heterocycles. The van der Waals surface area contributed by atoms with Crippen molar-refractivity contribution in [2.24, 2.45) is 5.92 Å². The number of rotatable bonds is 2. The van der Waals surface area contributed by atoms with Crippen LogP contribution < -0.4 is 0 Å². The average Bonchev–Trinajstić information content (AvgIpc) is 2.69. The van der Waals surface area contributed by atoms with E-state index in [4.69, 9.17) is 11.6 Å². The van der Waals surface area contributed by atoms with Gasteiger partial charge in [-0.05, 0) is 12.3 Å². The molecule has 2 nitrogen and oxygen atoms in total. The highest BCUT2D eigenvalue weighted by Gasteiger charge is 2.40. The monoisotopic (exact) mass is 288 g/mol. The Morgan fingerprint density at radius 1 is 1.44 bits per heavy atom. The molecule has 1 aliphatic rings. The van der Waals surface area contributed by atoms with Crippen LogP contribution in [0.5, 0.6) is 0 Å². The predicted octanol–water partition coefficient (Wildman–Crippen LogP) is 3.99. The van der Waals surface area contributed by atoms with Crippen molar-refractivity contribution in [2.45, 2.75) is 37.9 Å². The quantitative estimate of drug-likeness (QED) is 0.752. The smallest absolute Gasteiger partial charge is 0.270 e. The summed E-state index contributed by atoms with van der Waals surface area (Å²) in [4.78, 5) is 0. The first-order valence-corrected chi connectivity index (χ1v) is 5.73. The average molecular weight is 289 g/mol. The van der Waals surface area contributed by atoms with E-state index in [0.29, 0.717) is 0 Å². The van der Waals surface area contributed by atoms with Crippen molar-refractivity contribution in [3.05, 3.63) is 16.9 Å². The second kappa shape index (κ2) is 4.36. The predicted molar refractivity (Wildman–Crippen MR) is 54.5 cm³/mol. The topological polar surface area (TPSA) is 17.8 Å². The number of hydrogen-bond acceptors (Lipinski definition) is 1. The van der Waals surface area contributed by atoms with Gasteiger partial charge in [-0.25, -0.2) is 8.78 Å². The second-order valence-electron chi connectivity index (χ2n) is 4.51. The van der Waals surface area contributed by atoms with Crippen molar-refractivity contribution >= 4 is 11.6 Å². The highest BCUT2D eigenvalue weighted by molar-refractivity contribution is 6.31. The first kappa shape index (κ1) is 13.6. The zero-order valence-corrected chi connectivity index (χ0v) is 9.90. The van der Waals surface area contributed by atoms with Crippen LogP contribution in [-0.2, 0) is 12.7 Å². The van der Waals surface area contributed by atoms with Gasteiger partial charge in [0.15, 0.2) is 5.69 Å². The molecular weight excluding hydrogens is 279 g/mol. The summed E-state index contributed by atoms with van der Waals surface area (Å²) in [6.45, 7) is 0.0331. The van der Waals surface area contributed by atoms with Crippen molar-refractivity contribution in [2.75, 3.05) is 0 Å². The maximum absolute atomic E-state index is 12.9. The fraction of sp³-hybridized carbons (Fsp3) is 0.700. The van der Waals surface area contributed by atoms with Crippen molar-refractivity contribution in [3.8, 4) is 0 Å². The Morgan fingerprint density at radius 3 is 2.56 bits per heavy atom. The molecule has 1 fully saturated rings. The van der Waals surface area contributed by atoms with Crippen LogP contribution >= 0.6 is 11.6 Å². The first-order chi connectivity index (χ1) is 8.17. The lowest BCUT2D eigenvalue weighted by Crippen LogP contribution is -2.14. The van der Waals surface area contributed by atoms with E-state index in [1.807, 2.05) is 0 Å². The molecule has 18 heavy (non-hydrogen) atoms. The number of alkyl halides is 5. The third-order valence-corrected chi connectivity index (χ3v) is 3.21. The molecule has 1 aliphatic carbocycles. The Morgan fingerprint density at radius 2 is 2.11 bits per heavy atom. The minimum Gasteiger partial charge on any atom is -0.270 e. The lowest BCUT2D eigenvalue weighted by atomic mass is 10.1. The van der Waals surface area contributed by atoms with Gasteiger partial charge in [-0.1, -0.05) is 11.6 Å². The van der Waals surface area contributed by atoms with Gasteiger partial charge in [-0.3, -0.25) is 4.68 Å². The summed E-state index contributed by atoms with van der Waals surface area (Å²) in [5.74, 6) is -3.08. The van der Waals surface area contributed by atoms with Gasteiger partial charge in [0.05, 0.1) is 5.02 Å². The fourth-order valence-electron chi connectivity index (χ4n) is 2.14. The van der Waals surface area contributed by atoms with Gasteiger partial charge in [-0.2, -0.15) is 18.3 Å². The number of nitrogens with zero attached hydrogens (tertiary/aromatic N) is 2. The first-order valence-electron chi connectivity index (χ1n) is 5.35. The molecule has 0 aromatic carbocycles. The molecule has 1 atom stereocenters. The number of aromatic nitrogens is 2. The van der Waals surface area contributed by atoms with E-state index >= 15 is 0 Å². The molecule has 1 saturated carbocycles. The summed E-state index contributed by atoms with van der Waals surface area (Å²) < 4.78 is 64.1. The third kappa shape index (κ3) is 2.93. The normalized spacial score (nSPS) is 23.6. The molecule has 1 aromatic rings. The Hall–Kier alpha value is -0.850. The highest BCUT2D eigenvalue weighted by atomic mass is 35.5.